The van der Waals surface area contributed by atoms with E-state index >= 15 is 0 Å². The summed E-state index contributed by atoms with van der Waals surface area (Å²) >= 11 is 6.06. The molecule has 1 unspecified atom stereocenters. The largest absolute Gasteiger partial charge is 0.496 e. The molecule has 0 aromatic heterocycles. The topological polar surface area (TPSA) is 21.3 Å². The zero-order valence-electron chi connectivity index (χ0n) is 8.80. The average Bonchev–Trinajstić information content (AvgIpc) is 2.26. The van der Waals surface area contributed by atoms with Gasteiger partial charge in [-0.3, -0.25) is 0 Å². The van der Waals surface area contributed by atoms with Gasteiger partial charge in [0.1, 0.15) is 11.3 Å². The highest BCUT2D eigenvalue weighted by Crippen LogP contribution is 2.25. The lowest BCUT2D eigenvalue weighted by atomic mass is 10.1. The van der Waals surface area contributed by atoms with Gasteiger partial charge in [0.05, 0.1) is 7.11 Å². The third kappa shape index (κ3) is 2.40. The van der Waals surface area contributed by atoms with Gasteiger partial charge in [-0.1, -0.05) is 13.0 Å². The van der Waals surface area contributed by atoms with Crippen LogP contribution in [-0.2, 0) is 6.42 Å². The fourth-order valence-electron chi connectivity index (χ4n) is 1.40. The Morgan fingerprint density at radius 1 is 1.50 bits per heavy atom. The summed E-state index contributed by atoms with van der Waals surface area (Å²) in [5.74, 6) is 0.927. The molecule has 0 saturated heterocycles. The third-order valence-corrected chi connectivity index (χ3v) is 2.70. The molecule has 0 aliphatic rings. The molecule has 0 radical (unpaired) electrons. The molecule has 0 fully saturated rings. The Morgan fingerprint density at radius 3 is 2.71 bits per heavy atom. The van der Waals surface area contributed by atoms with Crippen LogP contribution in [0.25, 0.3) is 0 Å². The van der Waals surface area contributed by atoms with E-state index in [0.717, 1.165) is 17.7 Å². The standard InChI is InChI=1S/C11H16ClNO/c1-4-8-7-9(11(12)13-2)5-6-10(8)14-3/h5-7,11,13H,4H2,1-3H3. The highest BCUT2D eigenvalue weighted by atomic mass is 35.5. The Bertz CT molecular complexity index is 301. The van der Waals surface area contributed by atoms with Gasteiger partial charge in [0.2, 0.25) is 0 Å². The molecule has 0 aliphatic carbocycles. The van der Waals surface area contributed by atoms with Crippen molar-refractivity contribution in [3.8, 4) is 5.75 Å². The molecule has 1 atom stereocenters. The SMILES string of the molecule is CCc1cc(C(Cl)NC)ccc1OC. The first-order valence-electron chi connectivity index (χ1n) is 4.71. The lowest BCUT2D eigenvalue weighted by Crippen LogP contribution is -2.10. The molecule has 3 heteroatoms. The maximum atomic E-state index is 6.06. The molecule has 1 aromatic carbocycles. The first kappa shape index (κ1) is 11.3. The molecule has 0 heterocycles. The molecule has 1 rings (SSSR count). The van der Waals surface area contributed by atoms with E-state index in [9.17, 15) is 0 Å². The summed E-state index contributed by atoms with van der Waals surface area (Å²) in [5.41, 5.74) is 2.13. The van der Waals surface area contributed by atoms with Crippen molar-refractivity contribution in [3.05, 3.63) is 29.3 Å². The van der Waals surface area contributed by atoms with Crippen LogP contribution in [0.15, 0.2) is 18.2 Å². The van der Waals surface area contributed by atoms with Crippen LogP contribution in [0.4, 0.5) is 0 Å². The summed E-state index contributed by atoms with van der Waals surface area (Å²) in [6.07, 6.45) is 0.949. The second-order valence-corrected chi connectivity index (χ2v) is 3.51. The van der Waals surface area contributed by atoms with Gasteiger partial charge in [-0.2, -0.15) is 0 Å². The highest BCUT2D eigenvalue weighted by molar-refractivity contribution is 6.20. The van der Waals surface area contributed by atoms with Crippen LogP contribution >= 0.6 is 11.6 Å². The molecule has 14 heavy (non-hydrogen) atoms. The van der Waals surface area contributed by atoms with Gasteiger partial charge in [-0.25, -0.2) is 0 Å². The smallest absolute Gasteiger partial charge is 0.122 e. The van der Waals surface area contributed by atoms with Crippen molar-refractivity contribution in [3.63, 3.8) is 0 Å². The number of halogens is 1. The van der Waals surface area contributed by atoms with Crippen molar-refractivity contribution in [2.45, 2.75) is 18.8 Å². The van der Waals surface area contributed by atoms with Gasteiger partial charge in [-0.15, -0.1) is 11.6 Å². The number of rotatable bonds is 4. The number of nitrogens with one attached hydrogen (secondary N) is 1. The Balaban J connectivity index is 3.01. The lowest BCUT2D eigenvalue weighted by Gasteiger charge is -2.12. The van der Waals surface area contributed by atoms with Crippen LogP contribution in [-0.4, -0.2) is 14.2 Å². The Labute approximate surface area is 90.2 Å². The second kappa shape index (κ2) is 5.23. The predicted octanol–water partition coefficient (Wildman–Crippen LogP) is 2.71. The molecule has 0 saturated carbocycles. The van der Waals surface area contributed by atoms with Gasteiger partial charge in [0, 0.05) is 0 Å². The summed E-state index contributed by atoms with van der Waals surface area (Å²) in [6.45, 7) is 2.10. The zero-order chi connectivity index (χ0) is 10.6. The van der Waals surface area contributed by atoms with E-state index in [4.69, 9.17) is 16.3 Å². The summed E-state index contributed by atoms with van der Waals surface area (Å²) in [5, 5.41) is 2.99. The fourth-order valence-corrected chi connectivity index (χ4v) is 1.53. The van der Waals surface area contributed by atoms with Gasteiger partial charge in [-0.05, 0) is 36.7 Å². The van der Waals surface area contributed by atoms with Crippen molar-refractivity contribution in [2.24, 2.45) is 0 Å². The van der Waals surface area contributed by atoms with Crippen LogP contribution in [0, 0.1) is 0 Å². The average molecular weight is 214 g/mol. The Morgan fingerprint density at radius 2 is 2.21 bits per heavy atom. The minimum Gasteiger partial charge on any atom is -0.496 e. The quantitative estimate of drug-likeness (QED) is 0.614. The molecule has 0 aliphatic heterocycles. The number of aryl methyl sites for hydroxylation is 1. The molecule has 2 nitrogen and oxygen atoms in total. The number of methoxy groups -OCH3 is 1. The van der Waals surface area contributed by atoms with Crippen LogP contribution in [0.2, 0.25) is 0 Å². The van der Waals surface area contributed by atoms with E-state index in [2.05, 4.69) is 18.3 Å². The first-order valence-corrected chi connectivity index (χ1v) is 5.14. The van der Waals surface area contributed by atoms with Crippen LogP contribution < -0.4 is 10.1 Å². The van der Waals surface area contributed by atoms with Gasteiger partial charge >= 0.3 is 0 Å². The van der Waals surface area contributed by atoms with Gasteiger partial charge in [0.25, 0.3) is 0 Å². The minimum absolute atomic E-state index is 0.133. The van der Waals surface area contributed by atoms with Crippen LogP contribution in [0.3, 0.4) is 0 Å². The van der Waals surface area contributed by atoms with E-state index in [0.29, 0.717) is 0 Å². The van der Waals surface area contributed by atoms with E-state index in [1.54, 1.807) is 7.11 Å². The monoisotopic (exact) mass is 213 g/mol. The molecule has 78 valence electrons. The number of ether oxygens (including phenoxy) is 1. The molecular formula is C11H16ClNO. The van der Waals surface area contributed by atoms with Crippen molar-refractivity contribution in [2.75, 3.05) is 14.2 Å². The molecular weight excluding hydrogens is 198 g/mol. The van der Waals surface area contributed by atoms with Crippen molar-refractivity contribution < 1.29 is 4.74 Å². The van der Waals surface area contributed by atoms with Gasteiger partial charge in [0.15, 0.2) is 0 Å². The summed E-state index contributed by atoms with van der Waals surface area (Å²) < 4.78 is 5.24. The molecule has 0 bridgehead atoms. The molecule has 0 amide bonds. The number of hydrogen-bond donors (Lipinski definition) is 1. The zero-order valence-corrected chi connectivity index (χ0v) is 9.56. The first-order chi connectivity index (χ1) is 6.72. The molecule has 1 aromatic rings. The number of alkyl halides is 1. The van der Waals surface area contributed by atoms with E-state index in [1.165, 1.54) is 5.56 Å². The number of hydrogen-bond acceptors (Lipinski definition) is 2. The van der Waals surface area contributed by atoms with Crippen molar-refractivity contribution >= 4 is 11.6 Å². The van der Waals surface area contributed by atoms with Crippen molar-refractivity contribution in [1.29, 1.82) is 0 Å². The highest BCUT2D eigenvalue weighted by Gasteiger charge is 2.07. The van der Waals surface area contributed by atoms with Crippen LogP contribution in [0.1, 0.15) is 23.6 Å². The number of benzene rings is 1. The summed E-state index contributed by atoms with van der Waals surface area (Å²) in [6, 6.07) is 6.01. The van der Waals surface area contributed by atoms with Crippen LogP contribution in [0.5, 0.6) is 5.75 Å². The lowest BCUT2D eigenvalue weighted by molar-refractivity contribution is 0.410. The predicted molar refractivity (Wildman–Crippen MR) is 60.0 cm³/mol. The fraction of sp³-hybridized carbons (Fsp3) is 0.455. The Kier molecular flexibility index (Phi) is 4.23. The molecule has 1 N–H and O–H groups in total. The normalized spacial score (nSPS) is 12.6. The van der Waals surface area contributed by atoms with Crippen molar-refractivity contribution in [1.82, 2.24) is 5.32 Å². The second-order valence-electron chi connectivity index (χ2n) is 3.08. The van der Waals surface area contributed by atoms with E-state index in [1.807, 2.05) is 19.2 Å². The third-order valence-electron chi connectivity index (χ3n) is 2.23. The maximum Gasteiger partial charge on any atom is 0.122 e. The maximum absolute atomic E-state index is 6.06. The summed E-state index contributed by atoms with van der Waals surface area (Å²) in [7, 11) is 3.53. The van der Waals surface area contributed by atoms with E-state index < -0.39 is 0 Å². The minimum atomic E-state index is -0.133. The van der Waals surface area contributed by atoms with E-state index in [-0.39, 0.29) is 5.50 Å². The van der Waals surface area contributed by atoms with Gasteiger partial charge < -0.3 is 10.1 Å². The molecule has 0 spiro atoms. The summed E-state index contributed by atoms with van der Waals surface area (Å²) in [4.78, 5) is 0. The Hall–Kier alpha value is -0.730.